The van der Waals surface area contributed by atoms with Gasteiger partial charge < -0.3 is 9.88 Å². The number of carbonyl (C=O) groups is 3. The minimum absolute atomic E-state index is 0.00540. The molecule has 7 nitrogen and oxygen atoms in total. The normalized spacial score (nSPS) is 10.9. The van der Waals surface area contributed by atoms with E-state index in [9.17, 15) is 14.4 Å². The van der Waals surface area contributed by atoms with Crippen molar-refractivity contribution in [3.05, 3.63) is 59.4 Å². The third-order valence-electron chi connectivity index (χ3n) is 3.91. The van der Waals surface area contributed by atoms with E-state index in [-0.39, 0.29) is 17.9 Å². The lowest BCUT2D eigenvalue weighted by atomic mass is 9.87. The molecular formula is C19H24N4O3. The van der Waals surface area contributed by atoms with Gasteiger partial charge in [0.15, 0.2) is 0 Å². The van der Waals surface area contributed by atoms with E-state index in [0.717, 1.165) is 5.56 Å². The Labute approximate surface area is 152 Å². The Morgan fingerprint density at radius 3 is 2.15 bits per heavy atom. The summed E-state index contributed by atoms with van der Waals surface area (Å²) in [7, 11) is 1.72. The number of benzene rings is 1. The molecule has 2 aromatic rings. The molecule has 0 radical (unpaired) electrons. The van der Waals surface area contributed by atoms with Crippen molar-refractivity contribution in [3.63, 3.8) is 0 Å². The highest BCUT2D eigenvalue weighted by Crippen LogP contribution is 2.22. The van der Waals surface area contributed by atoms with Crippen LogP contribution in [0, 0.1) is 0 Å². The van der Waals surface area contributed by atoms with E-state index in [1.807, 2.05) is 12.1 Å². The number of nitrogens with zero attached hydrogens (tertiary/aromatic N) is 1. The maximum atomic E-state index is 12.1. The minimum Gasteiger partial charge on any atom is -0.347 e. The van der Waals surface area contributed by atoms with Crippen LogP contribution in [0.5, 0.6) is 0 Å². The molecule has 0 aliphatic heterocycles. The molecule has 138 valence electrons. The molecule has 0 unspecified atom stereocenters. The molecule has 1 aromatic heterocycles. The molecule has 1 heterocycles. The third-order valence-corrected chi connectivity index (χ3v) is 3.91. The fraction of sp³-hybridized carbons (Fsp3) is 0.316. The number of nitrogens with one attached hydrogen (secondary N) is 3. The molecule has 26 heavy (non-hydrogen) atoms. The summed E-state index contributed by atoms with van der Waals surface area (Å²) >= 11 is 0. The summed E-state index contributed by atoms with van der Waals surface area (Å²) in [5, 5.41) is 2.52. The number of carbonyl (C=O) groups excluding carboxylic acids is 3. The number of hydrogen-bond acceptors (Lipinski definition) is 3. The molecule has 0 atom stereocenters. The first-order valence-corrected chi connectivity index (χ1v) is 8.28. The van der Waals surface area contributed by atoms with E-state index >= 15 is 0 Å². The van der Waals surface area contributed by atoms with Crippen LogP contribution in [-0.4, -0.2) is 28.8 Å². The Kier molecular flexibility index (Phi) is 5.82. The maximum absolute atomic E-state index is 12.1. The molecule has 1 aromatic carbocycles. The van der Waals surface area contributed by atoms with Crippen molar-refractivity contribution in [3.8, 4) is 0 Å². The first-order valence-electron chi connectivity index (χ1n) is 8.28. The van der Waals surface area contributed by atoms with Crippen molar-refractivity contribution in [1.82, 2.24) is 20.7 Å². The molecule has 0 aliphatic rings. The summed E-state index contributed by atoms with van der Waals surface area (Å²) in [4.78, 5) is 35.7. The maximum Gasteiger partial charge on any atom is 0.286 e. The highest BCUT2D eigenvalue weighted by molar-refractivity contribution is 5.97. The number of hydrazine groups is 1. The molecular weight excluding hydrogens is 332 g/mol. The Hall–Kier alpha value is -3.09. The number of aromatic nitrogens is 1. The Morgan fingerprint density at radius 2 is 1.62 bits per heavy atom. The van der Waals surface area contributed by atoms with Crippen LogP contribution < -0.4 is 16.2 Å². The molecule has 7 heteroatoms. The fourth-order valence-corrected chi connectivity index (χ4v) is 2.32. The van der Waals surface area contributed by atoms with Crippen LogP contribution in [0.15, 0.2) is 42.6 Å². The third kappa shape index (κ3) is 4.95. The molecule has 0 bridgehead atoms. The fourth-order valence-electron chi connectivity index (χ4n) is 2.32. The van der Waals surface area contributed by atoms with Gasteiger partial charge in [0.05, 0.1) is 6.54 Å². The van der Waals surface area contributed by atoms with Crippen LogP contribution in [0.1, 0.15) is 47.2 Å². The summed E-state index contributed by atoms with van der Waals surface area (Å²) in [6, 6.07) is 10.6. The van der Waals surface area contributed by atoms with Crippen molar-refractivity contribution >= 4 is 17.7 Å². The van der Waals surface area contributed by atoms with Gasteiger partial charge in [-0.25, -0.2) is 0 Å². The topological polar surface area (TPSA) is 92.2 Å². The quantitative estimate of drug-likeness (QED) is 0.725. The molecule has 0 saturated heterocycles. The molecule has 0 spiro atoms. The highest BCUT2D eigenvalue weighted by Gasteiger charge is 2.15. The second kappa shape index (κ2) is 7.86. The lowest BCUT2D eigenvalue weighted by Gasteiger charge is -2.19. The van der Waals surface area contributed by atoms with Crippen LogP contribution >= 0.6 is 0 Å². The van der Waals surface area contributed by atoms with Crippen molar-refractivity contribution < 1.29 is 14.4 Å². The average molecular weight is 356 g/mol. The monoisotopic (exact) mass is 356 g/mol. The van der Waals surface area contributed by atoms with Gasteiger partial charge in [-0.2, -0.15) is 0 Å². The van der Waals surface area contributed by atoms with E-state index in [1.54, 1.807) is 42.1 Å². The smallest absolute Gasteiger partial charge is 0.286 e. The molecule has 0 saturated carbocycles. The molecule has 0 aliphatic carbocycles. The van der Waals surface area contributed by atoms with Crippen LogP contribution in [0.4, 0.5) is 0 Å². The Balaban J connectivity index is 1.80. The van der Waals surface area contributed by atoms with Crippen molar-refractivity contribution in [2.24, 2.45) is 7.05 Å². The Bertz CT molecular complexity index is 801. The first kappa shape index (κ1) is 19.2. The average Bonchev–Trinajstić information content (AvgIpc) is 3.03. The number of rotatable bonds is 4. The van der Waals surface area contributed by atoms with Crippen LogP contribution in [0.3, 0.4) is 0 Å². The zero-order valence-corrected chi connectivity index (χ0v) is 15.4. The van der Waals surface area contributed by atoms with Gasteiger partial charge in [0.1, 0.15) is 5.69 Å². The molecule has 3 N–H and O–H groups in total. The van der Waals surface area contributed by atoms with Crippen LogP contribution in [0.25, 0.3) is 0 Å². The van der Waals surface area contributed by atoms with E-state index < -0.39 is 11.8 Å². The summed E-state index contributed by atoms with van der Waals surface area (Å²) in [6.45, 7) is 6.04. The van der Waals surface area contributed by atoms with Crippen LogP contribution in [0.2, 0.25) is 0 Å². The predicted octanol–water partition coefficient (Wildman–Crippen LogP) is 1.51. The van der Waals surface area contributed by atoms with Gasteiger partial charge in [-0.15, -0.1) is 0 Å². The number of hydrogen-bond donors (Lipinski definition) is 3. The molecule has 2 rings (SSSR count). The first-order chi connectivity index (χ1) is 12.2. The Morgan fingerprint density at radius 1 is 0.962 bits per heavy atom. The molecule has 3 amide bonds. The predicted molar refractivity (Wildman–Crippen MR) is 98.5 cm³/mol. The van der Waals surface area contributed by atoms with Gasteiger partial charge in [0.25, 0.3) is 17.7 Å². The van der Waals surface area contributed by atoms with Gasteiger partial charge in [0, 0.05) is 18.8 Å². The van der Waals surface area contributed by atoms with Crippen molar-refractivity contribution in [2.45, 2.75) is 26.2 Å². The summed E-state index contributed by atoms with van der Waals surface area (Å²) in [5.41, 5.74) is 6.58. The highest BCUT2D eigenvalue weighted by atomic mass is 16.2. The summed E-state index contributed by atoms with van der Waals surface area (Å²) in [6.07, 6.45) is 1.72. The van der Waals surface area contributed by atoms with E-state index in [2.05, 4.69) is 36.9 Å². The van der Waals surface area contributed by atoms with Gasteiger partial charge in [-0.05, 0) is 35.2 Å². The summed E-state index contributed by atoms with van der Waals surface area (Å²) < 4.78 is 1.63. The number of aryl methyl sites for hydroxylation is 1. The summed E-state index contributed by atoms with van der Waals surface area (Å²) in [5.74, 6) is -1.31. The standard InChI is InChI=1S/C19H24N4O3/c1-19(2,3)14-9-7-13(8-10-14)17(25)20-12-16(24)21-22-18(26)15-6-5-11-23(15)4/h5-11H,12H2,1-4H3,(H,20,25)(H,21,24)(H,22,26). The van der Waals surface area contributed by atoms with Gasteiger partial charge in [0.2, 0.25) is 0 Å². The lowest BCUT2D eigenvalue weighted by Crippen LogP contribution is -2.46. The van der Waals surface area contributed by atoms with E-state index in [0.29, 0.717) is 11.3 Å². The van der Waals surface area contributed by atoms with E-state index in [1.165, 1.54) is 0 Å². The zero-order chi connectivity index (χ0) is 19.3. The largest absolute Gasteiger partial charge is 0.347 e. The lowest BCUT2D eigenvalue weighted by molar-refractivity contribution is -0.120. The minimum atomic E-state index is -0.521. The zero-order valence-electron chi connectivity index (χ0n) is 15.4. The van der Waals surface area contributed by atoms with Crippen molar-refractivity contribution in [2.75, 3.05) is 6.54 Å². The molecule has 0 fully saturated rings. The van der Waals surface area contributed by atoms with Gasteiger partial charge in [-0.1, -0.05) is 32.9 Å². The van der Waals surface area contributed by atoms with Crippen LogP contribution in [-0.2, 0) is 17.3 Å². The number of amides is 3. The van der Waals surface area contributed by atoms with Crippen molar-refractivity contribution in [1.29, 1.82) is 0 Å². The van der Waals surface area contributed by atoms with Gasteiger partial charge >= 0.3 is 0 Å². The second-order valence-corrected chi connectivity index (χ2v) is 7.02. The van der Waals surface area contributed by atoms with Gasteiger partial charge in [-0.3, -0.25) is 25.2 Å². The van der Waals surface area contributed by atoms with E-state index in [4.69, 9.17) is 0 Å². The second-order valence-electron chi connectivity index (χ2n) is 7.02. The SMILES string of the molecule is Cn1cccc1C(=O)NNC(=O)CNC(=O)c1ccc(C(C)(C)C)cc1.